The van der Waals surface area contributed by atoms with Crippen molar-refractivity contribution in [1.29, 1.82) is 0 Å². The average Bonchev–Trinajstić information content (AvgIpc) is 2.62. The van der Waals surface area contributed by atoms with E-state index in [1.807, 2.05) is 0 Å². The Labute approximate surface area is 151 Å². The highest BCUT2D eigenvalue weighted by molar-refractivity contribution is 6.19. The minimum Gasteiger partial charge on any atom is -0.381 e. The zero-order valence-corrected chi connectivity index (χ0v) is 13.5. The van der Waals surface area contributed by atoms with Crippen molar-refractivity contribution in [2.24, 2.45) is 0 Å². The lowest BCUT2D eigenvalue weighted by Crippen LogP contribution is -2.08. The lowest BCUT2D eigenvalue weighted by atomic mass is 10.2. The topological polar surface area (TPSA) is 268 Å². The molecule has 16 heteroatoms. The molecule has 28 heavy (non-hydrogen) atoms. The minimum absolute atomic E-state index is 0.0711. The predicted octanol–water partition coefficient (Wildman–Crippen LogP) is -0.339. The molecule has 140 valence electrons. The second-order valence-corrected chi connectivity index (χ2v) is 5.46. The minimum atomic E-state index is -0.832. The summed E-state index contributed by atoms with van der Waals surface area (Å²) < 4.78 is 0. The van der Waals surface area contributed by atoms with Crippen molar-refractivity contribution in [2.75, 3.05) is 22.9 Å². The van der Waals surface area contributed by atoms with Gasteiger partial charge in [0.2, 0.25) is 22.7 Å². The molecule has 3 heterocycles. The Balaban J connectivity index is 2.35. The van der Waals surface area contributed by atoms with Crippen molar-refractivity contribution in [3.05, 3.63) is 20.2 Å². The molecule has 1 aromatic carbocycles. The van der Waals surface area contributed by atoms with Gasteiger partial charge in [-0.3, -0.25) is 0 Å². The van der Waals surface area contributed by atoms with E-state index in [9.17, 15) is 20.2 Å². The number of hydrogen-bond donors (Lipinski definition) is 4. The molecule has 0 saturated carbocycles. The molecule has 16 nitrogen and oxygen atoms in total. The Morgan fingerprint density at radius 2 is 0.750 bits per heavy atom. The van der Waals surface area contributed by atoms with Crippen molar-refractivity contribution >= 4 is 68.0 Å². The van der Waals surface area contributed by atoms with Gasteiger partial charge in [-0.25, -0.2) is 19.9 Å². The molecule has 0 amide bonds. The monoisotopic (exact) mass is 384 g/mol. The van der Waals surface area contributed by atoms with Crippen LogP contribution in [-0.2, 0) is 0 Å². The predicted molar refractivity (Wildman–Crippen MR) is 96.7 cm³/mol. The van der Waals surface area contributed by atoms with Crippen molar-refractivity contribution in [2.45, 2.75) is 0 Å². The van der Waals surface area contributed by atoms with E-state index in [0.29, 0.717) is 0 Å². The van der Waals surface area contributed by atoms with Crippen LogP contribution in [0.2, 0.25) is 0 Å². The second kappa shape index (κ2) is 5.37. The van der Waals surface area contributed by atoms with Crippen LogP contribution < -0.4 is 22.9 Å². The van der Waals surface area contributed by atoms with Crippen LogP contribution in [0.3, 0.4) is 0 Å². The smallest absolute Gasteiger partial charge is 0.381 e. The molecule has 0 aliphatic rings. The van der Waals surface area contributed by atoms with Gasteiger partial charge in [-0.2, -0.15) is 0 Å². The highest BCUT2D eigenvalue weighted by Crippen LogP contribution is 2.35. The average molecular weight is 384 g/mol. The first-order valence-corrected chi connectivity index (χ1v) is 7.27. The van der Waals surface area contributed by atoms with Crippen LogP contribution in [0, 0.1) is 20.2 Å². The van der Waals surface area contributed by atoms with Gasteiger partial charge in [0, 0.05) is 0 Å². The van der Waals surface area contributed by atoms with Crippen molar-refractivity contribution in [1.82, 2.24) is 29.9 Å². The molecule has 4 aromatic rings. The maximum Gasteiger partial charge on any atom is 0.407 e. The standard InChI is InChI=1S/C12H8N12O4/c13-7-8(14)18-2-1(17-7)5-3(19-9(15)11(21-5)23(25)26)4-6(2)22-12(24(27)28)10(16)20-4/h(H2,13,17)(H2,14,18)(H2,15,19)(H2,16,20). The van der Waals surface area contributed by atoms with Crippen LogP contribution in [0.25, 0.3) is 33.1 Å². The van der Waals surface area contributed by atoms with Gasteiger partial charge in [-0.1, -0.05) is 0 Å². The number of nitrogens with two attached hydrogens (primary N) is 4. The summed E-state index contributed by atoms with van der Waals surface area (Å²) in [7, 11) is 0. The van der Waals surface area contributed by atoms with Gasteiger partial charge in [0.1, 0.15) is 22.1 Å². The van der Waals surface area contributed by atoms with Gasteiger partial charge < -0.3 is 43.2 Å². The Bertz CT molecular complexity index is 1250. The number of fused-ring (bicyclic) bond motifs is 6. The highest BCUT2D eigenvalue weighted by Gasteiger charge is 2.29. The molecule has 0 aliphatic carbocycles. The maximum atomic E-state index is 11.2. The van der Waals surface area contributed by atoms with E-state index in [1.54, 1.807) is 0 Å². The van der Waals surface area contributed by atoms with E-state index < -0.39 is 33.1 Å². The molecule has 0 fully saturated rings. The normalized spacial score (nSPS) is 11.3. The van der Waals surface area contributed by atoms with Gasteiger partial charge >= 0.3 is 11.6 Å². The largest absolute Gasteiger partial charge is 0.407 e. The summed E-state index contributed by atoms with van der Waals surface area (Å²) >= 11 is 0. The van der Waals surface area contributed by atoms with Crippen LogP contribution in [0.4, 0.5) is 34.9 Å². The fourth-order valence-corrected chi connectivity index (χ4v) is 2.60. The van der Waals surface area contributed by atoms with Crippen LogP contribution in [0.15, 0.2) is 0 Å². The second-order valence-electron chi connectivity index (χ2n) is 5.46. The molecule has 4 rings (SSSR count). The van der Waals surface area contributed by atoms with Crippen LogP contribution in [0.1, 0.15) is 0 Å². The van der Waals surface area contributed by atoms with E-state index >= 15 is 0 Å². The highest BCUT2D eigenvalue weighted by atomic mass is 16.6. The number of nitrogen functional groups attached to an aromatic ring is 4. The molecule has 0 saturated heterocycles. The van der Waals surface area contributed by atoms with Crippen LogP contribution in [-0.4, -0.2) is 39.8 Å². The molecule has 0 atom stereocenters. The fourth-order valence-electron chi connectivity index (χ4n) is 2.60. The number of benzene rings is 1. The molecule has 8 N–H and O–H groups in total. The molecule has 0 spiro atoms. The Morgan fingerprint density at radius 1 is 0.500 bits per heavy atom. The molecular weight excluding hydrogens is 376 g/mol. The van der Waals surface area contributed by atoms with E-state index in [2.05, 4.69) is 29.9 Å². The lowest BCUT2D eigenvalue weighted by Gasteiger charge is -2.06. The fraction of sp³-hybridized carbons (Fsp3) is 0. The van der Waals surface area contributed by atoms with Crippen molar-refractivity contribution < 1.29 is 9.85 Å². The summed E-state index contributed by atoms with van der Waals surface area (Å²) in [4.78, 5) is 44.4. The van der Waals surface area contributed by atoms with E-state index in [4.69, 9.17) is 22.9 Å². The lowest BCUT2D eigenvalue weighted by molar-refractivity contribution is -0.388. The molecule has 0 bridgehead atoms. The Hall–Kier alpha value is -4.76. The van der Waals surface area contributed by atoms with E-state index in [-0.39, 0.29) is 44.7 Å². The molecule has 3 aromatic heterocycles. The Kier molecular flexibility index (Phi) is 3.20. The summed E-state index contributed by atoms with van der Waals surface area (Å²) in [5.41, 5.74) is 22.1. The van der Waals surface area contributed by atoms with Gasteiger partial charge in [0.25, 0.3) is 0 Å². The first-order valence-electron chi connectivity index (χ1n) is 7.27. The summed E-state index contributed by atoms with van der Waals surface area (Å²) in [6.45, 7) is 0. The third-order valence-corrected chi connectivity index (χ3v) is 3.78. The molecular formula is C12H8N12O4. The summed E-state index contributed by atoms with van der Waals surface area (Å²) in [6, 6.07) is 0. The summed E-state index contributed by atoms with van der Waals surface area (Å²) in [6.07, 6.45) is 0. The number of hydrogen-bond acceptors (Lipinski definition) is 14. The number of anilines is 4. The van der Waals surface area contributed by atoms with Gasteiger partial charge in [0.15, 0.2) is 11.6 Å². The van der Waals surface area contributed by atoms with E-state index in [0.717, 1.165) is 0 Å². The zero-order valence-electron chi connectivity index (χ0n) is 13.5. The molecule has 0 unspecified atom stereocenters. The van der Waals surface area contributed by atoms with Crippen molar-refractivity contribution in [3.63, 3.8) is 0 Å². The maximum absolute atomic E-state index is 11.2. The van der Waals surface area contributed by atoms with Gasteiger partial charge in [-0.05, 0) is 19.8 Å². The van der Waals surface area contributed by atoms with Gasteiger partial charge in [0.05, 0.1) is 0 Å². The van der Waals surface area contributed by atoms with Crippen LogP contribution >= 0.6 is 0 Å². The number of nitrogens with zero attached hydrogens (tertiary/aromatic N) is 8. The zero-order chi connectivity index (χ0) is 20.3. The number of aromatic nitrogens is 6. The summed E-state index contributed by atoms with van der Waals surface area (Å²) in [5, 5.41) is 22.4. The first-order chi connectivity index (χ1) is 13.2. The van der Waals surface area contributed by atoms with Crippen LogP contribution in [0.5, 0.6) is 0 Å². The third-order valence-electron chi connectivity index (χ3n) is 3.78. The van der Waals surface area contributed by atoms with Crippen molar-refractivity contribution in [3.8, 4) is 0 Å². The van der Waals surface area contributed by atoms with E-state index in [1.165, 1.54) is 0 Å². The van der Waals surface area contributed by atoms with Gasteiger partial charge in [-0.15, -0.1) is 0 Å². The number of rotatable bonds is 2. The summed E-state index contributed by atoms with van der Waals surface area (Å²) in [5.74, 6) is -2.84. The Morgan fingerprint density at radius 3 is 1.04 bits per heavy atom. The first kappa shape index (κ1) is 16.7. The molecule has 0 aliphatic heterocycles. The number of nitro groups is 2. The SMILES string of the molecule is Nc1nc2c(nc1N)c1nc([N+](=O)[O-])c(N)nc1c1nc(N)c([N+](=O)[O-])nc21. The third kappa shape index (κ3) is 2.18. The quantitative estimate of drug-likeness (QED) is 0.195. The molecule has 0 radical (unpaired) electrons.